The molecular formula is C17H21N3O. The maximum absolute atomic E-state index is 5.54. The molecule has 1 atom stereocenters. The molecule has 4 nitrogen and oxygen atoms in total. The first-order valence-electron chi connectivity index (χ1n) is 7.98. The number of hydrogen-bond donors (Lipinski definition) is 1. The van der Waals surface area contributed by atoms with E-state index in [9.17, 15) is 0 Å². The molecule has 0 amide bonds. The van der Waals surface area contributed by atoms with Crippen LogP contribution >= 0.6 is 0 Å². The van der Waals surface area contributed by atoms with E-state index < -0.39 is 0 Å². The molecular weight excluding hydrogens is 262 g/mol. The number of fused-ring (bicyclic) bond motifs is 1. The summed E-state index contributed by atoms with van der Waals surface area (Å²) in [6.45, 7) is 2.23. The Morgan fingerprint density at radius 3 is 2.71 bits per heavy atom. The van der Waals surface area contributed by atoms with Gasteiger partial charge in [-0.15, -0.1) is 0 Å². The maximum Gasteiger partial charge on any atom is 0.230 e. The third kappa shape index (κ3) is 2.72. The van der Waals surface area contributed by atoms with Crippen molar-refractivity contribution in [3.63, 3.8) is 0 Å². The average Bonchev–Trinajstić information content (AvgIpc) is 3.14. The highest BCUT2D eigenvalue weighted by molar-refractivity contribution is 5.34. The fourth-order valence-corrected chi connectivity index (χ4v) is 3.61. The van der Waals surface area contributed by atoms with Crippen LogP contribution in [-0.4, -0.2) is 23.2 Å². The molecule has 0 saturated carbocycles. The van der Waals surface area contributed by atoms with Crippen molar-refractivity contribution < 1.29 is 4.52 Å². The molecule has 0 radical (unpaired) electrons. The predicted octanol–water partition coefficient (Wildman–Crippen LogP) is 2.49. The van der Waals surface area contributed by atoms with Crippen molar-refractivity contribution in [3.8, 4) is 0 Å². The summed E-state index contributed by atoms with van der Waals surface area (Å²) in [5.41, 5.74) is 2.86. The van der Waals surface area contributed by atoms with Crippen LogP contribution in [0.3, 0.4) is 0 Å². The van der Waals surface area contributed by atoms with Crippen LogP contribution in [0.2, 0.25) is 0 Å². The van der Waals surface area contributed by atoms with Gasteiger partial charge in [-0.3, -0.25) is 0 Å². The highest BCUT2D eigenvalue weighted by Gasteiger charge is 2.27. The molecule has 1 unspecified atom stereocenters. The summed E-state index contributed by atoms with van der Waals surface area (Å²) in [6.07, 6.45) is 5.53. The first-order valence-corrected chi connectivity index (χ1v) is 7.98. The first kappa shape index (κ1) is 13.0. The summed E-state index contributed by atoms with van der Waals surface area (Å²) >= 11 is 0. The van der Waals surface area contributed by atoms with E-state index in [1.165, 1.54) is 24.0 Å². The van der Waals surface area contributed by atoms with Gasteiger partial charge in [0.05, 0.1) is 0 Å². The Kier molecular flexibility index (Phi) is 3.47. The van der Waals surface area contributed by atoms with Gasteiger partial charge < -0.3 is 9.84 Å². The van der Waals surface area contributed by atoms with Crippen molar-refractivity contribution in [2.45, 2.75) is 38.0 Å². The minimum Gasteiger partial charge on any atom is -0.339 e. The molecule has 110 valence electrons. The fourth-order valence-electron chi connectivity index (χ4n) is 3.61. The van der Waals surface area contributed by atoms with E-state index in [0.717, 1.165) is 44.1 Å². The Morgan fingerprint density at radius 2 is 2.00 bits per heavy atom. The summed E-state index contributed by atoms with van der Waals surface area (Å²) in [6, 6.07) is 8.63. The highest BCUT2D eigenvalue weighted by Crippen LogP contribution is 2.33. The lowest BCUT2D eigenvalue weighted by atomic mass is 9.96. The summed E-state index contributed by atoms with van der Waals surface area (Å²) in [7, 11) is 0. The quantitative estimate of drug-likeness (QED) is 0.940. The zero-order chi connectivity index (χ0) is 14.1. The lowest BCUT2D eigenvalue weighted by molar-refractivity contribution is 0.339. The first-order chi connectivity index (χ1) is 10.4. The van der Waals surface area contributed by atoms with E-state index in [0.29, 0.717) is 11.8 Å². The van der Waals surface area contributed by atoms with Crippen molar-refractivity contribution in [3.05, 3.63) is 47.1 Å². The monoisotopic (exact) mass is 283 g/mol. The number of piperidine rings is 1. The highest BCUT2D eigenvalue weighted by atomic mass is 16.5. The Morgan fingerprint density at radius 1 is 1.19 bits per heavy atom. The molecule has 2 heterocycles. The summed E-state index contributed by atoms with van der Waals surface area (Å²) in [5.74, 6) is 2.73. The van der Waals surface area contributed by atoms with Gasteiger partial charge >= 0.3 is 0 Å². The predicted molar refractivity (Wildman–Crippen MR) is 80.2 cm³/mol. The van der Waals surface area contributed by atoms with Gasteiger partial charge in [0.15, 0.2) is 5.82 Å². The van der Waals surface area contributed by atoms with Crippen molar-refractivity contribution in [2.75, 3.05) is 13.1 Å². The summed E-state index contributed by atoms with van der Waals surface area (Å²) in [4.78, 5) is 4.66. The Labute approximate surface area is 124 Å². The van der Waals surface area contributed by atoms with Crippen LogP contribution in [0.5, 0.6) is 0 Å². The van der Waals surface area contributed by atoms with Crippen LogP contribution in [-0.2, 0) is 19.3 Å². The molecule has 1 aliphatic carbocycles. The molecule has 4 rings (SSSR count). The second-order valence-electron chi connectivity index (χ2n) is 6.34. The van der Waals surface area contributed by atoms with Crippen LogP contribution in [0.15, 0.2) is 28.8 Å². The van der Waals surface area contributed by atoms with Crippen molar-refractivity contribution in [1.29, 1.82) is 0 Å². The molecule has 2 aromatic rings. The van der Waals surface area contributed by atoms with E-state index in [1.807, 2.05) is 0 Å². The molecule has 2 aliphatic rings. The minimum atomic E-state index is 0.369. The van der Waals surface area contributed by atoms with Crippen LogP contribution in [0.25, 0.3) is 0 Å². The number of rotatable bonds is 3. The number of hydrogen-bond acceptors (Lipinski definition) is 4. The van der Waals surface area contributed by atoms with Gasteiger partial charge in [-0.1, -0.05) is 29.4 Å². The lowest BCUT2D eigenvalue weighted by Crippen LogP contribution is -2.31. The molecule has 1 N–H and O–H groups in total. The molecule has 1 aromatic heterocycles. The Balaban J connectivity index is 1.43. The fraction of sp³-hybridized carbons (Fsp3) is 0.529. The minimum absolute atomic E-state index is 0.369. The van der Waals surface area contributed by atoms with E-state index >= 15 is 0 Å². The average molecular weight is 283 g/mol. The van der Waals surface area contributed by atoms with Gasteiger partial charge in [-0.25, -0.2) is 0 Å². The number of nitrogens with zero attached hydrogens (tertiary/aromatic N) is 2. The van der Waals surface area contributed by atoms with Gasteiger partial charge in [-0.05, 0) is 55.8 Å². The number of benzene rings is 1. The van der Waals surface area contributed by atoms with Crippen molar-refractivity contribution in [1.82, 2.24) is 15.5 Å². The standard InChI is InChI=1S/C17H21N3O/c1-2-6-14-10-15(9-13(14)5-1)17-19-16(20-21-17)8-12-4-3-7-18-11-12/h1-2,5-6,12,15,18H,3-4,7-11H2. The zero-order valence-corrected chi connectivity index (χ0v) is 12.2. The van der Waals surface area contributed by atoms with E-state index in [4.69, 9.17) is 4.52 Å². The SMILES string of the molecule is c1ccc2c(c1)CC(c1nc(CC3CCCNC3)no1)C2. The van der Waals surface area contributed by atoms with E-state index in [1.54, 1.807) is 0 Å². The maximum atomic E-state index is 5.54. The van der Waals surface area contributed by atoms with E-state index in [2.05, 4.69) is 39.7 Å². The van der Waals surface area contributed by atoms with Crippen molar-refractivity contribution in [2.24, 2.45) is 5.92 Å². The second kappa shape index (κ2) is 5.60. The normalized spacial score (nSPS) is 22.4. The molecule has 1 saturated heterocycles. The van der Waals surface area contributed by atoms with Gasteiger partial charge in [0.1, 0.15) is 0 Å². The van der Waals surface area contributed by atoms with Gasteiger partial charge in [0.2, 0.25) is 5.89 Å². The molecule has 4 heteroatoms. The van der Waals surface area contributed by atoms with Gasteiger partial charge in [-0.2, -0.15) is 4.98 Å². The second-order valence-corrected chi connectivity index (χ2v) is 6.34. The van der Waals surface area contributed by atoms with E-state index in [-0.39, 0.29) is 0 Å². The molecule has 1 fully saturated rings. The molecule has 0 spiro atoms. The van der Waals surface area contributed by atoms with Crippen LogP contribution < -0.4 is 5.32 Å². The Hall–Kier alpha value is -1.68. The number of aromatic nitrogens is 2. The zero-order valence-electron chi connectivity index (χ0n) is 12.2. The third-order valence-corrected chi connectivity index (χ3v) is 4.75. The Bertz CT molecular complexity index is 591. The lowest BCUT2D eigenvalue weighted by Gasteiger charge is -2.20. The smallest absolute Gasteiger partial charge is 0.230 e. The molecule has 1 aliphatic heterocycles. The molecule has 21 heavy (non-hydrogen) atoms. The van der Waals surface area contributed by atoms with Crippen LogP contribution in [0.4, 0.5) is 0 Å². The van der Waals surface area contributed by atoms with Gasteiger partial charge in [0, 0.05) is 12.3 Å². The van der Waals surface area contributed by atoms with Crippen LogP contribution in [0.1, 0.15) is 41.6 Å². The van der Waals surface area contributed by atoms with Crippen LogP contribution in [0, 0.1) is 5.92 Å². The topological polar surface area (TPSA) is 51.0 Å². The molecule has 1 aromatic carbocycles. The number of nitrogens with one attached hydrogen (secondary N) is 1. The molecule has 0 bridgehead atoms. The van der Waals surface area contributed by atoms with Gasteiger partial charge in [0.25, 0.3) is 0 Å². The summed E-state index contributed by atoms with van der Waals surface area (Å²) in [5, 5.41) is 7.65. The van der Waals surface area contributed by atoms with Crippen molar-refractivity contribution >= 4 is 0 Å². The third-order valence-electron chi connectivity index (χ3n) is 4.75. The largest absolute Gasteiger partial charge is 0.339 e. The summed E-state index contributed by atoms with van der Waals surface area (Å²) < 4.78 is 5.54.